The number of nitrogens with zero attached hydrogens (tertiary/aromatic N) is 1. The van der Waals surface area contributed by atoms with E-state index < -0.39 is 0 Å². The summed E-state index contributed by atoms with van der Waals surface area (Å²) in [4.78, 5) is 29.1. The van der Waals surface area contributed by atoms with Crippen LogP contribution < -0.4 is 10.6 Å². The summed E-state index contributed by atoms with van der Waals surface area (Å²) >= 11 is 3.00. The van der Waals surface area contributed by atoms with Crippen molar-refractivity contribution in [1.29, 1.82) is 0 Å². The van der Waals surface area contributed by atoms with Crippen LogP contribution in [0.1, 0.15) is 28.9 Å². The second-order valence-corrected chi connectivity index (χ2v) is 9.36. The van der Waals surface area contributed by atoms with Gasteiger partial charge in [0, 0.05) is 11.3 Å². The van der Waals surface area contributed by atoms with E-state index >= 15 is 0 Å². The van der Waals surface area contributed by atoms with E-state index in [4.69, 9.17) is 0 Å². The van der Waals surface area contributed by atoms with Crippen LogP contribution in [0.4, 0.5) is 10.1 Å². The maximum absolute atomic E-state index is 13.0. The van der Waals surface area contributed by atoms with Crippen molar-refractivity contribution in [1.82, 2.24) is 10.3 Å². The SMILES string of the molecule is CC(NC(=O)CSc1nc2ccccc2s1)c1ccc(NC(=O)c2ccc(F)cc2)cc1. The van der Waals surface area contributed by atoms with E-state index in [1.54, 1.807) is 23.5 Å². The van der Waals surface area contributed by atoms with Crippen molar-refractivity contribution in [3.63, 3.8) is 0 Å². The molecule has 1 aromatic heterocycles. The standard InChI is InChI=1S/C24H20FN3O2S2/c1-15(26-22(29)14-31-24-28-20-4-2-3-5-21(20)32-24)16-8-12-19(13-9-16)27-23(30)17-6-10-18(25)11-7-17/h2-13,15H,14H2,1H3,(H,26,29)(H,27,30). The minimum Gasteiger partial charge on any atom is -0.349 e. The predicted molar refractivity (Wildman–Crippen MR) is 128 cm³/mol. The number of benzene rings is 3. The number of nitrogens with one attached hydrogen (secondary N) is 2. The fraction of sp³-hybridized carbons (Fsp3) is 0.125. The van der Waals surface area contributed by atoms with Gasteiger partial charge in [-0.3, -0.25) is 9.59 Å². The zero-order valence-electron chi connectivity index (χ0n) is 17.2. The molecule has 0 saturated carbocycles. The third kappa shape index (κ3) is 5.52. The summed E-state index contributed by atoms with van der Waals surface area (Å²) < 4.78 is 15.0. The van der Waals surface area contributed by atoms with E-state index in [-0.39, 0.29) is 29.4 Å². The highest BCUT2D eigenvalue weighted by molar-refractivity contribution is 8.01. The van der Waals surface area contributed by atoms with Crippen molar-refractivity contribution >= 4 is 50.8 Å². The van der Waals surface area contributed by atoms with Crippen LogP contribution in [-0.4, -0.2) is 22.6 Å². The zero-order chi connectivity index (χ0) is 22.5. The van der Waals surface area contributed by atoms with Gasteiger partial charge in [0.15, 0.2) is 4.34 Å². The smallest absolute Gasteiger partial charge is 0.255 e. The molecule has 5 nitrogen and oxygen atoms in total. The number of fused-ring (bicyclic) bond motifs is 1. The third-order valence-corrected chi connectivity index (χ3v) is 6.93. The molecule has 2 N–H and O–H groups in total. The Balaban J connectivity index is 1.29. The van der Waals surface area contributed by atoms with Gasteiger partial charge in [-0.25, -0.2) is 9.37 Å². The van der Waals surface area contributed by atoms with Gasteiger partial charge in [0.05, 0.1) is 22.0 Å². The number of amides is 2. The second kappa shape index (κ2) is 9.93. The zero-order valence-corrected chi connectivity index (χ0v) is 18.8. The Kier molecular flexibility index (Phi) is 6.82. The van der Waals surface area contributed by atoms with Crippen LogP contribution in [0, 0.1) is 5.82 Å². The molecule has 4 rings (SSSR count). The molecule has 8 heteroatoms. The highest BCUT2D eigenvalue weighted by Crippen LogP contribution is 2.29. The first-order valence-corrected chi connectivity index (χ1v) is 11.7. The normalized spacial score (nSPS) is 11.8. The molecule has 0 saturated heterocycles. The maximum Gasteiger partial charge on any atom is 0.255 e. The van der Waals surface area contributed by atoms with Crippen molar-refractivity contribution in [2.45, 2.75) is 17.3 Å². The Morgan fingerprint density at radius 1 is 1.03 bits per heavy atom. The van der Waals surface area contributed by atoms with Gasteiger partial charge in [0.2, 0.25) is 5.91 Å². The van der Waals surface area contributed by atoms with Crippen molar-refractivity contribution in [3.05, 3.63) is 89.7 Å². The summed E-state index contributed by atoms with van der Waals surface area (Å²) in [7, 11) is 0. The van der Waals surface area contributed by atoms with Crippen LogP contribution in [0.15, 0.2) is 77.1 Å². The first-order chi connectivity index (χ1) is 15.5. The monoisotopic (exact) mass is 465 g/mol. The van der Waals surface area contributed by atoms with Gasteiger partial charge in [0.1, 0.15) is 5.82 Å². The van der Waals surface area contributed by atoms with Crippen LogP contribution in [0.5, 0.6) is 0 Å². The molecule has 0 aliphatic carbocycles. The van der Waals surface area contributed by atoms with Gasteiger partial charge in [-0.05, 0) is 61.0 Å². The molecule has 4 aromatic rings. The lowest BCUT2D eigenvalue weighted by Gasteiger charge is -2.15. The third-order valence-electron chi connectivity index (χ3n) is 4.75. The molecule has 0 radical (unpaired) electrons. The summed E-state index contributed by atoms with van der Waals surface area (Å²) in [5.41, 5.74) is 2.86. The second-order valence-electron chi connectivity index (χ2n) is 7.11. The summed E-state index contributed by atoms with van der Waals surface area (Å²) in [5, 5.41) is 5.76. The number of thiazole rings is 1. The lowest BCUT2D eigenvalue weighted by Crippen LogP contribution is -2.28. The average molecular weight is 466 g/mol. The molecule has 1 atom stereocenters. The molecule has 3 aromatic carbocycles. The van der Waals surface area contributed by atoms with Gasteiger partial charge in [-0.15, -0.1) is 11.3 Å². The van der Waals surface area contributed by atoms with Gasteiger partial charge in [-0.1, -0.05) is 36.0 Å². The molecule has 32 heavy (non-hydrogen) atoms. The number of aromatic nitrogens is 1. The average Bonchev–Trinajstić information content (AvgIpc) is 3.22. The Morgan fingerprint density at radius 3 is 2.47 bits per heavy atom. The molecule has 1 heterocycles. The minimum absolute atomic E-state index is 0.0737. The van der Waals surface area contributed by atoms with Crippen LogP contribution in [0.3, 0.4) is 0 Å². The molecule has 0 spiro atoms. The van der Waals surface area contributed by atoms with Crippen LogP contribution in [0.25, 0.3) is 10.2 Å². The number of thioether (sulfide) groups is 1. The van der Waals surface area contributed by atoms with Gasteiger partial charge in [0.25, 0.3) is 5.91 Å². The molecule has 0 aliphatic heterocycles. The number of halogens is 1. The Hall–Kier alpha value is -3.23. The van der Waals surface area contributed by atoms with Crippen LogP contribution in [-0.2, 0) is 4.79 Å². The largest absolute Gasteiger partial charge is 0.349 e. The first kappa shape index (κ1) is 22.0. The first-order valence-electron chi connectivity index (χ1n) is 9.92. The number of carbonyl (C=O) groups is 2. The number of para-hydroxylation sites is 1. The Labute approximate surface area is 193 Å². The molecule has 0 aliphatic rings. The van der Waals surface area contributed by atoms with Gasteiger partial charge >= 0.3 is 0 Å². The molecule has 0 fully saturated rings. The molecule has 162 valence electrons. The fourth-order valence-corrected chi connectivity index (χ4v) is 4.95. The summed E-state index contributed by atoms with van der Waals surface area (Å²) in [6, 6.07) is 20.3. The molecule has 0 bridgehead atoms. The van der Waals surface area contributed by atoms with Crippen LogP contribution in [0.2, 0.25) is 0 Å². The number of rotatable bonds is 7. The predicted octanol–water partition coefficient (Wildman–Crippen LogP) is 5.66. The van der Waals surface area contributed by atoms with Gasteiger partial charge < -0.3 is 10.6 Å². The Bertz CT molecular complexity index is 1210. The number of hydrogen-bond donors (Lipinski definition) is 2. The highest BCUT2D eigenvalue weighted by atomic mass is 32.2. The summed E-state index contributed by atoms with van der Waals surface area (Å²) in [5.74, 6) is -0.488. The summed E-state index contributed by atoms with van der Waals surface area (Å²) in [6.07, 6.45) is 0. The number of anilines is 1. The quantitative estimate of drug-likeness (QED) is 0.346. The molecule has 2 amide bonds. The molecule has 1 unspecified atom stereocenters. The van der Waals surface area contributed by atoms with E-state index in [2.05, 4.69) is 15.6 Å². The summed E-state index contributed by atoms with van der Waals surface area (Å²) in [6.45, 7) is 1.91. The maximum atomic E-state index is 13.0. The van der Waals surface area contributed by atoms with Crippen molar-refractivity contribution in [2.24, 2.45) is 0 Å². The Morgan fingerprint density at radius 2 is 1.75 bits per heavy atom. The fourth-order valence-electron chi connectivity index (χ4n) is 3.07. The van der Waals surface area contributed by atoms with E-state index in [0.29, 0.717) is 11.3 Å². The van der Waals surface area contributed by atoms with Crippen molar-refractivity contribution in [2.75, 3.05) is 11.1 Å². The van der Waals surface area contributed by atoms with Gasteiger partial charge in [-0.2, -0.15) is 0 Å². The topological polar surface area (TPSA) is 71.1 Å². The highest BCUT2D eigenvalue weighted by Gasteiger charge is 2.12. The van der Waals surface area contributed by atoms with E-state index in [9.17, 15) is 14.0 Å². The van der Waals surface area contributed by atoms with E-state index in [1.807, 2.05) is 43.3 Å². The van der Waals surface area contributed by atoms with Crippen molar-refractivity contribution in [3.8, 4) is 0 Å². The van der Waals surface area contributed by atoms with E-state index in [1.165, 1.54) is 36.0 Å². The van der Waals surface area contributed by atoms with E-state index in [0.717, 1.165) is 20.1 Å². The lowest BCUT2D eigenvalue weighted by molar-refractivity contribution is -0.119. The number of carbonyl (C=O) groups excluding carboxylic acids is 2. The van der Waals surface area contributed by atoms with Crippen molar-refractivity contribution < 1.29 is 14.0 Å². The molecular weight excluding hydrogens is 445 g/mol. The molecular formula is C24H20FN3O2S2. The lowest BCUT2D eigenvalue weighted by atomic mass is 10.1. The van der Waals surface area contributed by atoms with Crippen LogP contribution >= 0.6 is 23.1 Å². The number of hydrogen-bond acceptors (Lipinski definition) is 5. The minimum atomic E-state index is -0.389.